The van der Waals surface area contributed by atoms with E-state index in [1.165, 1.54) is 5.56 Å². The summed E-state index contributed by atoms with van der Waals surface area (Å²) in [6, 6.07) is 7.93. The van der Waals surface area contributed by atoms with Crippen LogP contribution in [0.4, 0.5) is 5.69 Å². The van der Waals surface area contributed by atoms with Crippen LogP contribution >= 0.6 is 0 Å². The zero-order chi connectivity index (χ0) is 14.7. The monoisotopic (exact) mass is 289 g/mol. The molecule has 0 aromatic heterocycles. The molecule has 2 aliphatic heterocycles. The highest BCUT2D eigenvalue weighted by atomic mass is 16.5. The van der Waals surface area contributed by atoms with Crippen molar-refractivity contribution in [3.05, 3.63) is 29.8 Å². The number of anilines is 1. The Hall–Kier alpha value is -1.59. The molecule has 3 rings (SSSR count). The second kappa shape index (κ2) is 6.45. The quantitative estimate of drug-likeness (QED) is 0.863. The number of likely N-dealkylation sites (N-methyl/N-ethyl adjacent to an activating group) is 1. The summed E-state index contributed by atoms with van der Waals surface area (Å²) in [5.74, 6) is 0.0587. The van der Waals surface area contributed by atoms with Crippen LogP contribution in [0.1, 0.15) is 12.5 Å². The van der Waals surface area contributed by atoms with Crippen molar-refractivity contribution in [3.8, 4) is 0 Å². The molecule has 0 aliphatic carbocycles. The van der Waals surface area contributed by atoms with Crippen molar-refractivity contribution < 1.29 is 9.53 Å². The maximum Gasteiger partial charge on any atom is 0.242 e. The molecule has 1 fully saturated rings. The molecule has 1 amide bonds. The van der Waals surface area contributed by atoms with Crippen LogP contribution in [0.15, 0.2) is 24.3 Å². The Labute approximate surface area is 125 Å². The Morgan fingerprint density at radius 2 is 2.33 bits per heavy atom. The van der Waals surface area contributed by atoms with E-state index in [2.05, 4.69) is 28.5 Å². The van der Waals surface area contributed by atoms with Crippen LogP contribution in [0.2, 0.25) is 0 Å². The molecule has 2 aliphatic rings. The number of benzene rings is 1. The lowest BCUT2D eigenvalue weighted by Crippen LogP contribution is -2.49. The molecule has 0 saturated carbocycles. The first-order chi connectivity index (χ1) is 10.3. The molecule has 0 radical (unpaired) electrons. The number of para-hydroxylation sites is 1. The molecular formula is C16H23N3O2. The van der Waals surface area contributed by atoms with Gasteiger partial charge in [0.05, 0.1) is 12.7 Å². The van der Waals surface area contributed by atoms with Crippen molar-refractivity contribution in [1.29, 1.82) is 0 Å². The van der Waals surface area contributed by atoms with E-state index in [4.69, 9.17) is 4.74 Å². The lowest BCUT2D eigenvalue weighted by molar-refractivity contribution is -0.122. The Kier molecular flexibility index (Phi) is 4.41. The van der Waals surface area contributed by atoms with Crippen LogP contribution in [0, 0.1) is 0 Å². The normalized spacial score (nSPS) is 25.2. The number of ether oxygens (including phenoxy) is 1. The Balaban J connectivity index is 1.47. The third kappa shape index (κ3) is 3.36. The molecule has 2 N–H and O–H groups in total. The highest BCUT2D eigenvalue weighted by Crippen LogP contribution is 2.25. The molecule has 0 spiro atoms. The third-order valence-electron chi connectivity index (χ3n) is 4.26. The fourth-order valence-electron chi connectivity index (χ4n) is 2.98. The van der Waals surface area contributed by atoms with Gasteiger partial charge in [-0.1, -0.05) is 25.1 Å². The van der Waals surface area contributed by atoms with Gasteiger partial charge in [0.2, 0.25) is 5.91 Å². The molecule has 0 bridgehead atoms. The van der Waals surface area contributed by atoms with Gasteiger partial charge < -0.3 is 15.4 Å². The molecule has 2 heterocycles. The summed E-state index contributed by atoms with van der Waals surface area (Å²) < 4.78 is 5.71. The van der Waals surface area contributed by atoms with E-state index in [0.717, 1.165) is 38.3 Å². The highest BCUT2D eigenvalue weighted by molar-refractivity contribution is 5.87. The van der Waals surface area contributed by atoms with Crippen LogP contribution in [0.5, 0.6) is 0 Å². The van der Waals surface area contributed by atoms with E-state index in [9.17, 15) is 4.79 Å². The van der Waals surface area contributed by atoms with Crippen molar-refractivity contribution in [1.82, 2.24) is 10.2 Å². The molecule has 114 valence electrons. The second-order valence-corrected chi connectivity index (χ2v) is 5.69. The first-order valence-corrected chi connectivity index (χ1v) is 7.72. The Bertz CT molecular complexity index is 481. The minimum Gasteiger partial charge on any atom is -0.374 e. The van der Waals surface area contributed by atoms with Gasteiger partial charge in [0, 0.05) is 31.7 Å². The molecule has 5 nitrogen and oxygen atoms in total. The lowest BCUT2D eigenvalue weighted by atomic mass is 10.1. The first kappa shape index (κ1) is 14.4. The van der Waals surface area contributed by atoms with Crippen molar-refractivity contribution in [2.75, 3.05) is 38.1 Å². The zero-order valence-electron chi connectivity index (χ0n) is 12.5. The van der Waals surface area contributed by atoms with Crippen molar-refractivity contribution in [2.24, 2.45) is 0 Å². The largest absolute Gasteiger partial charge is 0.374 e. The molecule has 1 aromatic carbocycles. The van der Waals surface area contributed by atoms with Crippen molar-refractivity contribution >= 4 is 11.6 Å². The molecule has 5 heteroatoms. The van der Waals surface area contributed by atoms with Gasteiger partial charge in [0.1, 0.15) is 6.04 Å². The number of rotatable bonds is 4. The van der Waals surface area contributed by atoms with E-state index in [0.29, 0.717) is 6.54 Å². The smallest absolute Gasteiger partial charge is 0.242 e. The van der Waals surface area contributed by atoms with Crippen LogP contribution in [-0.4, -0.2) is 55.7 Å². The summed E-state index contributed by atoms with van der Waals surface area (Å²) in [5.41, 5.74) is 2.28. The molecule has 21 heavy (non-hydrogen) atoms. The third-order valence-corrected chi connectivity index (χ3v) is 4.26. The average Bonchev–Trinajstić information content (AvgIpc) is 2.97. The number of nitrogens with one attached hydrogen (secondary N) is 2. The van der Waals surface area contributed by atoms with Gasteiger partial charge in [0.25, 0.3) is 0 Å². The predicted octanol–water partition coefficient (Wildman–Crippen LogP) is 0.860. The number of hydrogen-bond acceptors (Lipinski definition) is 4. The van der Waals surface area contributed by atoms with E-state index < -0.39 is 0 Å². The van der Waals surface area contributed by atoms with Gasteiger partial charge in [-0.2, -0.15) is 0 Å². The van der Waals surface area contributed by atoms with Gasteiger partial charge in [-0.05, 0) is 18.2 Å². The van der Waals surface area contributed by atoms with Crippen LogP contribution in [-0.2, 0) is 16.0 Å². The van der Waals surface area contributed by atoms with Crippen LogP contribution in [0.3, 0.4) is 0 Å². The number of carbonyl (C=O) groups is 1. The molecule has 1 saturated heterocycles. The molecule has 1 unspecified atom stereocenters. The maximum atomic E-state index is 12.3. The summed E-state index contributed by atoms with van der Waals surface area (Å²) in [6.45, 7) is 6.41. The van der Waals surface area contributed by atoms with E-state index in [1.807, 2.05) is 18.2 Å². The van der Waals surface area contributed by atoms with Crippen molar-refractivity contribution in [2.45, 2.75) is 25.5 Å². The number of amides is 1. The number of fused-ring (bicyclic) bond motifs is 1. The van der Waals surface area contributed by atoms with Crippen LogP contribution in [0.25, 0.3) is 0 Å². The molecule has 2 atom stereocenters. The van der Waals surface area contributed by atoms with Crippen LogP contribution < -0.4 is 10.6 Å². The topological polar surface area (TPSA) is 53.6 Å². The van der Waals surface area contributed by atoms with Crippen molar-refractivity contribution in [3.63, 3.8) is 0 Å². The first-order valence-electron chi connectivity index (χ1n) is 7.72. The SMILES string of the molecule is CCN1CCOC(CNC(=O)[C@@H]2Cc3ccccc3N2)C1. The summed E-state index contributed by atoms with van der Waals surface area (Å²) in [7, 11) is 0. The predicted molar refractivity (Wildman–Crippen MR) is 82.4 cm³/mol. The maximum absolute atomic E-state index is 12.3. The standard InChI is InChI=1S/C16H23N3O2/c1-2-19-7-8-21-13(11-19)10-17-16(20)15-9-12-5-3-4-6-14(12)18-15/h3-6,13,15,18H,2,7-11H2,1H3,(H,17,20)/t13?,15-/m0/s1. The fraction of sp³-hybridized carbons (Fsp3) is 0.562. The highest BCUT2D eigenvalue weighted by Gasteiger charge is 2.27. The van der Waals surface area contributed by atoms with Gasteiger partial charge in [-0.15, -0.1) is 0 Å². The lowest BCUT2D eigenvalue weighted by Gasteiger charge is -2.32. The number of hydrogen-bond donors (Lipinski definition) is 2. The number of nitrogens with zero attached hydrogens (tertiary/aromatic N) is 1. The van der Waals surface area contributed by atoms with E-state index in [-0.39, 0.29) is 18.1 Å². The number of carbonyl (C=O) groups excluding carboxylic acids is 1. The summed E-state index contributed by atoms with van der Waals surface area (Å²) in [4.78, 5) is 14.6. The summed E-state index contributed by atoms with van der Waals surface area (Å²) in [5, 5.41) is 6.30. The minimum absolute atomic E-state index is 0.0587. The van der Waals surface area contributed by atoms with Gasteiger partial charge in [-0.3, -0.25) is 9.69 Å². The van der Waals surface area contributed by atoms with Gasteiger partial charge >= 0.3 is 0 Å². The Morgan fingerprint density at radius 3 is 3.14 bits per heavy atom. The zero-order valence-corrected chi connectivity index (χ0v) is 12.5. The summed E-state index contributed by atoms with van der Waals surface area (Å²) in [6.07, 6.45) is 0.862. The average molecular weight is 289 g/mol. The van der Waals surface area contributed by atoms with E-state index in [1.54, 1.807) is 0 Å². The molecular weight excluding hydrogens is 266 g/mol. The van der Waals surface area contributed by atoms with Gasteiger partial charge in [0.15, 0.2) is 0 Å². The fourth-order valence-corrected chi connectivity index (χ4v) is 2.98. The minimum atomic E-state index is -0.159. The Morgan fingerprint density at radius 1 is 1.48 bits per heavy atom. The van der Waals surface area contributed by atoms with E-state index >= 15 is 0 Å². The number of morpholine rings is 1. The summed E-state index contributed by atoms with van der Waals surface area (Å²) >= 11 is 0. The van der Waals surface area contributed by atoms with Gasteiger partial charge in [-0.25, -0.2) is 0 Å². The second-order valence-electron chi connectivity index (χ2n) is 5.69. The molecule has 1 aromatic rings.